The summed E-state index contributed by atoms with van der Waals surface area (Å²) >= 11 is 0. The molecule has 0 heterocycles. The molecule has 0 atom stereocenters. The Morgan fingerprint density at radius 1 is 1.15 bits per heavy atom. The Kier molecular flexibility index (Phi) is 5.05. The summed E-state index contributed by atoms with van der Waals surface area (Å²) in [6.45, 7) is 0. The van der Waals surface area contributed by atoms with Gasteiger partial charge in [-0.15, -0.1) is 0 Å². The van der Waals surface area contributed by atoms with Gasteiger partial charge < -0.3 is 5.73 Å². The van der Waals surface area contributed by atoms with Gasteiger partial charge in [0, 0.05) is 27.1 Å². The molecule has 0 bridgehead atoms. The SMILES string of the molecule is Nc1ccc(F)cc1.O=S(=O)(Cl)Cl. The minimum Gasteiger partial charge on any atom is -0.399 e. The Labute approximate surface area is 84.2 Å². The molecule has 1 rings (SSSR count). The van der Waals surface area contributed by atoms with E-state index >= 15 is 0 Å². The fraction of sp³-hybridized carbons (Fsp3) is 0. The monoisotopic (exact) mass is 245 g/mol. The molecule has 7 heteroatoms. The van der Waals surface area contributed by atoms with Crippen LogP contribution in [0.25, 0.3) is 0 Å². The minimum absolute atomic E-state index is 0.251. The molecule has 0 saturated carbocycles. The molecule has 0 saturated heterocycles. The van der Waals surface area contributed by atoms with E-state index in [0.717, 1.165) is 0 Å². The van der Waals surface area contributed by atoms with E-state index in [-0.39, 0.29) is 5.82 Å². The molecule has 0 aliphatic heterocycles. The van der Waals surface area contributed by atoms with Crippen molar-refractivity contribution in [3.63, 3.8) is 0 Å². The maximum Gasteiger partial charge on any atom is 0.317 e. The van der Waals surface area contributed by atoms with E-state index in [4.69, 9.17) is 14.2 Å². The summed E-state index contributed by atoms with van der Waals surface area (Å²) in [4.78, 5) is 0. The van der Waals surface area contributed by atoms with Gasteiger partial charge in [0.25, 0.3) is 0 Å². The third-order valence-electron chi connectivity index (χ3n) is 0.870. The second-order valence-corrected chi connectivity index (χ2v) is 5.60. The van der Waals surface area contributed by atoms with Crippen molar-refractivity contribution in [3.8, 4) is 0 Å². The molecule has 0 amide bonds. The molecular formula is C6H6Cl2FNO2S. The summed E-state index contributed by atoms with van der Waals surface area (Å²) in [6.07, 6.45) is 0. The van der Waals surface area contributed by atoms with Gasteiger partial charge in [-0.25, -0.2) is 4.39 Å². The van der Waals surface area contributed by atoms with E-state index in [1.165, 1.54) is 24.3 Å². The topological polar surface area (TPSA) is 60.2 Å². The molecule has 0 unspecified atom stereocenters. The number of nitrogen functional groups attached to an aromatic ring is 1. The zero-order valence-corrected chi connectivity index (χ0v) is 8.57. The van der Waals surface area contributed by atoms with Gasteiger partial charge in [0.2, 0.25) is 0 Å². The van der Waals surface area contributed by atoms with E-state index in [1.807, 2.05) is 0 Å². The Balaban J connectivity index is 0.000000252. The van der Waals surface area contributed by atoms with Crippen LogP contribution >= 0.6 is 21.4 Å². The third-order valence-corrected chi connectivity index (χ3v) is 0.870. The molecule has 1 aromatic carbocycles. The highest BCUT2D eigenvalue weighted by molar-refractivity contribution is 8.31. The number of benzene rings is 1. The van der Waals surface area contributed by atoms with Gasteiger partial charge in [-0.2, -0.15) is 8.42 Å². The fourth-order valence-corrected chi connectivity index (χ4v) is 0.463. The molecule has 2 N–H and O–H groups in total. The lowest BCUT2D eigenvalue weighted by atomic mass is 10.3. The van der Waals surface area contributed by atoms with Crippen molar-refractivity contribution >= 4 is 35.3 Å². The third kappa shape index (κ3) is 11.5. The zero-order valence-electron chi connectivity index (χ0n) is 6.25. The number of hydrogen-bond acceptors (Lipinski definition) is 3. The Bertz CT molecular complexity index is 322. The summed E-state index contributed by atoms with van der Waals surface area (Å²) < 4.78 is 30.4. The quantitative estimate of drug-likeness (QED) is 0.563. The summed E-state index contributed by atoms with van der Waals surface area (Å²) in [7, 11) is 4.81. The van der Waals surface area contributed by atoms with Gasteiger partial charge in [0.15, 0.2) is 0 Å². The van der Waals surface area contributed by atoms with Crippen LogP contribution in [0.3, 0.4) is 0 Å². The highest BCUT2D eigenvalue weighted by Crippen LogP contribution is 2.01. The molecule has 0 aliphatic rings. The molecule has 0 aliphatic carbocycles. The van der Waals surface area contributed by atoms with E-state index < -0.39 is 8.26 Å². The first-order valence-corrected chi connectivity index (χ1v) is 6.08. The predicted molar refractivity (Wildman–Crippen MR) is 51.4 cm³/mol. The lowest BCUT2D eigenvalue weighted by Gasteiger charge is -1.87. The summed E-state index contributed by atoms with van der Waals surface area (Å²) in [5, 5.41) is 0. The smallest absolute Gasteiger partial charge is 0.317 e. The molecule has 0 fully saturated rings. The fourth-order valence-electron chi connectivity index (χ4n) is 0.463. The van der Waals surface area contributed by atoms with Crippen molar-refractivity contribution in [2.45, 2.75) is 0 Å². The van der Waals surface area contributed by atoms with Crippen molar-refractivity contribution in [2.75, 3.05) is 5.73 Å². The van der Waals surface area contributed by atoms with E-state index in [2.05, 4.69) is 21.4 Å². The summed E-state index contributed by atoms with van der Waals surface area (Å²) in [5.41, 5.74) is 5.85. The van der Waals surface area contributed by atoms with Gasteiger partial charge in [-0.3, -0.25) is 0 Å². The van der Waals surface area contributed by atoms with E-state index in [9.17, 15) is 4.39 Å². The van der Waals surface area contributed by atoms with Crippen molar-refractivity contribution in [3.05, 3.63) is 30.1 Å². The van der Waals surface area contributed by atoms with Crippen LogP contribution in [0.5, 0.6) is 0 Å². The van der Waals surface area contributed by atoms with Crippen LogP contribution in [-0.4, -0.2) is 8.42 Å². The van der Waals surface area contributed by atoms with E-state index in [0.29, 0.717) is 5.69 Å². The Morgan fingerprint density at radius 2 is 1.46 bits per heavy atom. The first kappa shape index (κ1) is 12.5. The zero-order chi connectivity index (χ0) is 10.5. The van der Waals surface area contributed by atoms with Crippen LogP contribution in [-0.2, 0) is 8.26 Å². The van der Waals surface area contributed by atoms with Crippen LogP contribution in [0.2, 0.25) is 0 Å². The van der Waals surface area contributed by atoms with Gasteiger partial charge in [0.1, 0.15) is 5.82 Å². The molecule has 0 radical (unpaired) electrons. The average Bonchev–Trinajstić information content (AvgIpc) is 1.92. The highest BCUT2D eigenvalue weighted by Gasteiger charge is 1.88. The largest absolute Gasteiger partial charge is 0.399 e. The van der Waals surface area contributed by atoms with Crippen LogP contribution < -0.4 is 5.73 Å². The molecule has 1 aromatic rings. The van der Waals surface area contributed by atoms with Crippen LogP contribution in [0, 0.1) is 5.82 Å². The minimum atomic E-state index is -3.72. The van der Waals surface area contributed by atoms with E-state index in [1.54, 1.807) is 0 Å². The van der Waals surface area contributed by atoms with Crippen molar-refractivity contribution in [2.24, 2.45) is 0 Å². The molecular weight excluding hydrogens is 240 g/mol. The normalized spacial score (nSPS) is 10.1. The second kappa shape index (κ2) is 5.26. The van der Waals surface area contributed by atoms with Crippen molar-refractivity contribution in [1.82, 2.24) is 0 Å². The van der Waals surface area contributed by atoms with Gasteiger partial charge in [-0.1, -0.05) is 0 Å². The lowest BCUT2D eigenvalue weighted by Crippen LogP contribution is -1.82. The number of hydrogen-bond donors (Lipinski definition) is 1. The van der Waals surface area contributed by atoms with Crippen molar-refractivity contribution in [1.29, 1.82) is 0 Å². The number of nitrogens with two attached hydrogens (primary N) is 1. The molecule has 0 aromatic heterocycles. The molecule has 3 nitrogen and oxygen atoms in total. The van der Waals surface area contributed by atoms with Crippen LogP contribution in [0.4, 0.5) is 10.1 Å². The van der Waals surface area contributed by atoms with Gasteiger partial charge >= 0.3 is 8.26 Å². The number of anilines is 1. The first-order valence-electron chi connectivity index (χ1n) is 2.94. The number of halogens is 3. The average molecular weight is 246 g/mol. The van der Waals surface area contributed by atoms with Gasteiger partial charge in [-0.05, 0) is 24.3 Å². The van der Waals surface area contributed by atoms with Crippen LogP contribution in [0.15, 0.2) is 24.3 Å². The van der Waals surface area contributed by atoms with Crippen LogP contribution in [0.1, 0.15) is 0 Å². The first-order chi connectivity index (χ1) is 5.79. The predicted octanol–water partition coefficient (Wildman–Crippen LogP) is 2.12. The Morgan fingerprint density at radius 3 is 1.69 bits per heavy atom. The maximum atomic E-state index is 12.0. The highest BCUT2D eigenvalue weighted by atomic mass is 36.0. The molecule has 74 valence electrons. The number of rotatable bonds is 0. The summed E-state index contributed by atoms with van der Waals surface area (Å²) in [6, 6.07) is 5.70. The summed E-state index contributed by atoms with van der Waals surface area (Å²) in [5.74, 6) is -0.251. The standard InChI is InChI=1S/C6H6FN.Cl2O2S/c7-5-1-3-6(8)4-2-5;1-5(2,3)4/h1-4H,8H2;. The second-order valence-electron chi connectivity index (χ2n) is 1.93. The maximum absolute atomic E-state index is 12.0. The molecule has 0 spiro atoms. The molecule has 13 heavy (non-hydrogen) atoms. The Hall–Kier alpha value is -0.520. The lowest BCUT2D eigenvalue weighted by molar-refractivity contribution is 0.621. The van der Waals surface area contributed by atoms with Crippen molar-refractivity contribution < 1.29 is 12.8 Å². The van der Waals surface area contributed by atoms with Gasteiger partial charge in [0.05, 0.1) is 0 Å².